The summed E-state index contributed by atoms with van der Waals surface area (Å²) in [5.41, 5.74) is 2.88. The van der Waals surface area contributed by atoms with Crippen LogP contribution in [0.4, 0.5) is 16.2 Å². The second-order valence-electron chi connectivity index (χ2n) is 10.2. The zero-order valence-electron chi connectivity index (χ0n) is 27.3. The van der Waals surface area contributed by atoms with Crippen molar-refractivity contribution in [1.29, 1.82) is 1.34 Å². The molecule has 2 aromatic carbocycles. The fourth-order valence-electron chi connectivity index (χ4n) is 3.64. The van der Waals surface area contributed by atoms with Crippen LogP contribution in [0.2, 0.25) is 0 Å². The summed E-state index contributed by atoms with van der Waals surface area (Å²) < 4.78 is 18.0. The van der Waals surface area contributed by atoms with Gasteiger partial charge in [0.1, 0.15) is 12.1 Å². The third-order valence-corrected chi connectivity index (χ3v) is 6.43. The fourth-order valence-corrected chi connectivity index (χ4v) is 4.01. The second kappa shape index (κ2) is 25.8. The molecule has 0 saturated carbocycles. The Morgan fingerprint density at radius 2 is 1.51 bits per heavy atom. The van der Waals surface area contributed by atoms with Crippen LogP contribution in [0.1, 0.15) is 51.2 Å². The molecule has 2 aliphatic heterocycles. The van der Waals surface area contributed by atoms with Gasteiger partial charge in [0.2, 0.25) is 11.8 Å². The van der Waals surface area contributed by atoms with Gasteiger partial charge in [-0.3, -0.25) is 14.5 Å². The number of benzene rings is 2. The molecule has 14 heteroatoms. The predicted molar refractivity (Wildman–Crippen MR) is 175 cm³/mol. The molecule has 1 N–H and O–H groups in total. The van der Waals surface area contributed by atoms with Crippen molar-refractivity contribution >= 4 is 62.0 Å². The van der Waals surface area contributed by atoms with Crippen molar-refractivity contribution in [2.24, 2.45) is 0 Å². The molecular formula is C31H37B2BrKN5O5. The van der Waals surface area contributed by atoms with E-state index in [4.69, 9.17) is 23.9 Å². The van der Waals surface area contributed by atoms with Gasteiger partial charge in [0.25, 0.3) is 0 Å². The van der Waals surface area contributed by atoms with Gasteiger partial charge < -0.3 is 23.4 Å². The molecule has 0 aliphatic carbocycles. The van der Waals surface area contributed by atoms with Gasteiger partial charge in [0.15, 0.2) is 11.4 Å². The summed E-state index contributed by atoms with van der Waals surface area (Å²) in [5, 5.41) is 3.60. The van der Waals surface area contributed by atoms with Gasteiger partial charge in [-0.2, -0.15) is 0 Å². The molecule has 4 rings (SSSR count). The number of rotatable bonds is 3. The first-order valence-corrected chi connectivity index (χ1v) is 14.4. The van der Waals surface area contributed by atoms with Gasteiger partial charge in [0, 0.05) is 46.3 Å². The third-order valence-electron chi connectivity index (χ3n) is 5.78. The molecule has 3 amide bonds. The van der Waals surface area contributed by atoms with Crippen molar-refractivity contribution < 1.29 is 75.2 Å². The number of nitrogens with zero attached hydrogens (tertiary/aromatic N) is 4. The number of hydrogen-bond acceptors (Lipinski definition) is 4. The number of alkyl halides is 1. The van der Waals surface area contributed by atoms with Crippen molar-refractivity contribution in [3.63, 3.8) is 0 Å². The quantitative estimate of drug-likeness (QED) is 0.229. The van der Waals surface area contributed by atoms with Crippen molar-refractivity contribution in [3.05, 3.63) is 89.1 Å². The van der Waals surface area contributed by atoms with Crippen molar-refractivity contribution in [1.82, 2.24) is 15.1 Å². The molecule has 0 atom stereocenters. The van der Waals surface area contributed by atoms with Crippen LogP contribution in [-0.2, 0) is 30.9 Å². The van der Waals surface area contributed by atoms with E-state index >= 15 is 0 Å². The molecule has 2 aliphatic rings. The molecule has 2 aromatic rings. The Labute approximate surface area is 323 Å². The molecule has 230 valence electrons. The molecular weight excluding hydrogens is 663 g/mol. The van der Waals surface area contributed by atoms with Crippen LogP contribution >= 0.6 is 15.9 Å². The molecule has 2 heterocycles. The summed E-state index contributed by atoms with van der Waals surface area (Å²) in [4.78, 5) is 44.4. The van der Waals surface area contributed by atoms with E-state index in [2.05, 4.69) is 46.0 Å². The number of piperazine rings is 1. The molecule has 45 heavy (non-hydrogen) atoms. The van der Waals surface area contributed by atoms with Crippen LogP contribution < -0.4 is 56.7 Å². The maximum absolute atomic E-state index is 12.2. The average molecular weight is 701 g/mol. The maximum atomic E-state index is 12.2. The fraction of sp³-hybridized carbons (Fsp3) is 0.419. The van der Waals surface area contributed by atoms with Gasteiger partial charge in [-0.25, -0.2) is 14.5 Å². The molecule has 2 saturated heterocycles. The van der Waals surface area contributed by atoms with Crippen LogP contribution in [0.15, 0.2) is 48.5 Å². The normalized spacial score (nSPS) is 13.3. The number of carbonyl (C=O) groups is 3. The molecule has 0 unspecified atom stereocenters. The van der Waals surface area contributed by atoms with Gasteiger partial charge in [0.05, 0.1) is 13.1 Å². The Morgan fingerprint density at radius 3 is 1.87 bits per heavy atom. The largest absolute Gasteiger partial charge is 1.00 e. The van der Waals surface area contributed by atoms with Crippen molar-refractivity contribution in [3.8, 4) is 0 Å². The number of hydrogen-bond donors (Lipinski definition) is 1. The number of amides is 3. The second-order valence-corrected chi connectivity index (χ2v) is 10.8. The summed E-state index contributed by atoms with van der Waals surface area (Å²) in [6, 6.07) is 14.7. The van der Waals surface area contributed by atoms with E-state index in [9.17, 15) is 14.4 Å². The minimum atomic E-state index is -0.568. The van der Waals surface area contributed by atoms with Crippen LogP contribution in [0.25, 0.3) is 9.69 Å². The van der Waals surface area contributed by atoms with E-state index in [1.54, 1.807) is 37.8 Å². The third kappa shape index (κ3) is 19.7. The molecule has 10 nitrogen and oxygen atoms in total. The van der Waals surface area contributed by atoms with Gasteiger partial charge >= 0.3 is 68.8 Å². The maximum Gasteiger partial charge on any atom is 1.00 e. The summed E-state index contributed by atoms with van der Waals surface area (Å²) >= 11 is 3.33. The summed E-state index contributed by atoms with van der Waals surface area (Å²) in [5.74, 6) is 0.114. The van der Waals surface area contributed by atoms with E-state index in [0.717, 1.165) is 36.7 Å². The number of halogens is 1. The van der Waals surface area contributed by atoms with Crippen LogP contribution in [0.5, 0.6) is 0 Å². The first-order valence-electron chi connectivity index (χ1n) is 13.8. The summed E-state index contributed by atoms with van der Waals surface area (Å²) in [7, 11) is 3.75. The predicted octanol–water partition coefficient (Wildman–Crippen LogP) is 2.17. The van der Waals surface area contributed by atoms with E-state index in [0.29, 0.717) is 31.0 Å². The van der Waals surface area contributed by atoms with Crippen LogP contribution in [-0.4, -0.2) is 77.6 Å². The van der Waals surface area contributed by atoms with Gasteiger partial charge in [-0.05, 0) is 46.1 Å². The molecule has 0 aromatic heterocycles. The van der Waals surface area contributed by atoms with E-state index in [-0.39, 0.29) is 78.2 Å². The zero-order valence-corrected chi connectivity index (χ0v) is 31.1. The first kappa shape index (κ1) is 44.7. The Balaban J connectivity index is -0.000000665. The summed E-state index contributed by atoms with van der Waals surface area (Å²) in [6.45, 7) is 25.9. The Bertz CT molecular complexity index is 1280. The molecule has 6 radical (unpaired) electrons. The Kier molecular flexibility index (Phi) is 25.6. The monoisotopic (exact) mass is 700 g/mol. The standard InChI is InChI=1S/C17H21N3O3.C8H6BrN.C5H9NO.CO.BH.B.K/c1-17(2,3)23-16(22)20-10-9-19(15(21)12-20)11-13-5-7-14(18-4)8-6-13;1-10-8-4-2-7(6-9)3-5-8;7-5-3-1-2-4-6-5;1-2;;;/h5-8H,9-12H2,1-3H3;2-5H,6H2;1-4H2,(H,6,7);;1H;;/q;;;;;-1;+1/i;;;;1D;;. The zero-order chi connectivity index (χ0) is 33.5. The number of nitrogens with one attached hydrogen (secondary N) is 1. The van der Waals surface area contributed by atoms with Crippen molar-refractivity contribution in [2.45, 2.75) is 57.5 Å². The number of ether oxygens (including phenoxy) is 1. The van der Waals surface area contributed by atoms with Crippen molar-refractivity contribution in [2.75, 3.05) is 26.2 Å². The SMILES string of the molecule is O=C1CCCCN1.[2H][B].[B-].[C-]#[N+]c1ccc(CBr)cc1.[C-]#[N+]c1ccc(CN2CCN(C(=O)OC(C)(C)C)CC2=O)cc1.[C-]#[O+].[K+]. The van der Waals surface area contributed by atoms with Gasteiger partial charge in [-0.15, -0.1) is 0 Å². The summed E-state index contributed by atoms with van der Waals surface area (Å²) in [6.07, 6.45) is 2.52. The number of carbonyl (C=O) groups excluding carboxylic acids is 3. The van der Waals surface area contributed by atoms with E-state index < -0.39 is 11.7 Å². The number of piperidine rings is 1. The van der Waals surface area contributed by atoms with Gasteiger partial charge in [-0.1, -0.05) is 64.5 Å². The average Bonchev–Trinajstić information content (AvgIpc) is 3.04. The van der Waals surface area contributed by atoms with E-state index in [1.165, 1.54) is 10.5 Å². The van der Waals surface area contributed by atoms with E-state index in [1.807, 2.05) is 36.4 Å². The topological polar surface area (TPSA) is 108 Å². The first-order chi connectivity index (χ1) is 21.0. The molecule has 2 fully saturated rings. The molecule has 0 spiro atoms. The Morgan fingerprint density at radius 1 is 1.00 bits per heavy atom. The minimum Gasteiger partial charge on any atom is 1.00 e. The smallest absolute Gasteiger partial charge is 1.00 e. The van der Waals surface area contributed by atoms with Crippen LogP contribution in [0.3, 0.4) is 0 Å². The molecule has 0 bridgehead atoms. The minimum absolute atomic E-state index is 0. The Hall–Kier alpha value is -2.38. The van der Waals surface area contributed by atoms with Crippen LogP contribution in [0, 0.1) is 19.8 Å².